The van der Waals surface area contributed by atoms with Crippen LogP contribution < -0.4 is 0 Å². The van der Waals surface area contributed by atoms with Crippen molar-refractivity contribution in [3.8, 4) is 0 Å². The number of hydrogen-bond donors (Lipinski definition) is 0. The van der Waals surface area contributed by atoms with E-state index in [9.17, 15) is 0 Å². The molecular formula is C21H30N4O2. The maximum atomic E-state index is 5.21. The molecule has 1 spiro atoms. The number of nitrogens with zero attached hydrogens (tertiary/aromatic N) is 4. The van der Waals surface area contributed by atoms with Gasteiger partial charge < -0.3 is 14.2 Å². The van der Waals surface area contributed by atoms with Gasteiger partial charge in [0.15, 0.2) is 5.82 Å². The van der Waals surface area contributed by atoms with E-state index in [1.807, 2.05) is 0 Å². The molecule has 6 nitrogen and oxygen atoms in total. The Balaban J connectivity index is 1.36. The Morgan fingerprint density at radius 1 is 1.22 bits per heavy atom. The molecule has 2 aliphatic rings. The summed E-state index contributed by atoms with van der Waals surface area (Å²) in [6.07, 6.45) is 3.78. The fraction of sp³-hybridized carbons (Fsp3) is 0.619. The van der Waals surface area contributed by atoms with Crippen LogP contribution >= 0.6 is 0 Å². The van der Waals surface area contributed by atoms with E-state index in [0.717, 1.165) is 25.5 Å². The summed E-state index contributed by atoms with van der Waals surface area (Å²) < 4.78 is 10.3. The van der Waals surface area contributed by atoms with Gasteiger partial charge in [-0.05, 0) is 56.3 Å². The molecular weight excluding hydrogens is 340 g/mol. The molecule has 0 amide bonds. The molecule has 0 saturated carbocycles. The average molecular weight is 370 g/mol. The van der Waals surface area contributed by atoms with E-state index in [-0.39, 0.29) is 0 Å². The van der Waals surface area contributed by atoms with Crippen molar-refractivity contribution in [2.45, 2.75) is 38.3 Å². The molecule has 0 N–H and O–H groups in total. The number of benzene rings is 1. The third kappa shape index (κ3) is 4.39. The van der Waals surface area contributed by atoms with Gasteiger partial charge in [0, 0.05) is 20.2 Å². The van der Waals surface area contributed by atoms with E-state index in [1.165, 1.54) is 37.9 Å². The van der Waals surface area contributed by atoms with Crippen LogP contribution in [0.1, 0.15) is 42.5 Å². The van der Waals surface area contributed by atoms with Crippen LogP contribution in [0.3, 0.4) is 0 Å². The highest BCUT2D eigenvalue weighted by Gasteiger charge is 2.41. The summed E-state index contributed by atoms with van der Waals surface area (Å²) in [6, 6.07) is 11.0. The lowest BCUT2D eigenvalue weighted by molar-refractivity contribution is 0.0210. The fourth-order valence-electron chi connectivity index (χ4n) is 4.90. The number of piperidine rings is 2. The maximum absolute atomic E-state index is 5.21. The Morgan fingerprint density at radius 2 is 2.00 bits per heavy atom. The summed E-state index contributed by atoms with van der Waals surface area (Å²) in [5, 5.41) is 4.08. The van der Waals surface area contributed by atoms with Crippen molar-refractivity contribution in [1.82, 2.24) is 19.9 Å². The summed E-state index contributed by atoms with van der Waals surface area (Å²) in [5.41, 5.74) is 1.92. The average Bonchev–Trinajstić information content (AvgIpc) is 3.11. The Bertz CT molecular complexity index is 725. The first-order valence-electron chi connectivity index (χ1n) is 9.92. The van der Waals surface area contributed by atoms with Crippen LogP contribution in [0.25, 0.3) is 0 Å². The van der Waals surface area contributed by atoms with Crippen LogP contribution in [0.2, 0.25) is 0 Å². The first-order valence-corrected chi connectivity index (χ1v) is 9.92. The quantitative estimate of drug-likeness (QED) is 0.807. The summed E-state index contributed by atoms with van der Waals surface area (Å²) in [4.78, 5) is 9.40. The van der Waals surface area contributed by atoms with Crippen LogP contribution in [-0.2, 0) is 17.9 Å². The molecule has 4 rings (SSSR count). The Kier molecular flexibility index (Phi) is 5.57. The second-order valence-corrected chi connectivity index (χ2v) is 8.32. The number of ether oxygens (including phenoxy) is 1. The molecule has 1 aromatic heterocycles. The molecule has 0 radical (unpaired) electrons. The van der Waals surface area contributed by atoms with E-state index in [0.29, 0.717) is 23.8 Å². The highest BCUT2D eigenvalue weighted by Crippen LogP contribution is 2.44. The molecule has 2 fully saturated rings. The van der Waals surface area contributed by atoms with E-state index in [4.69, 9.17) is 9.26 Å². The molecule has 1 atom stereocenters. The molecule has 0 unspecified atom stereocenters. The lowest BCUT2D eigenvalue weighted by Crippen LogP contribution is -2.50. The van der Waals surface area contributed by atoms with E-state index < -0.39 is 0 Å². The van der Waals surface area contributed by atoms with Gasteiger partial charge in [-0.15, -0.1) is 0 Å². The van der Waals surface area contributed by atoms with Gasteiger partial charge in [0.25, 0.3) is 5.89 Å². The van der Waals surface area contributed by atoms with Gasteiger partial charge in [0.05, 0.1) is 6.54 Å². The van der Waals surface area contributed by atoms with Gasteiger partial charge in [-0.3, -0.25) is 4.90 Å². The number of likely N-dealkylation sites (N-methyl/N-ethyl adjacent to an activating group) is 1. The molecule has 2 aromatic rings. The number of rotatable bonds is 5. The highest BCUT2D eigenvalue weighted by atomic mass is 16.5. The number of aromatic nitrogens is 2. The van der Waals surface area contributed by atoms with Crippen molar-refractivity contribution in [2.24, 2.45) is 5.41 Å². The smallest absolute Gasteiger partial charge is 0.252 e. The lowest BCUT2D eigenvalue weighted by atomic mass is 9.68. The summed E-state index contributed by atoms with van der Waals surface area (Å²) in [5.74, 6) is 1.96. The van der Waals surface area contributed by atoms with Gasteiger partial charge in [0.1, 0.15) is 6.61 Å². The molecule has 2 aliphatic heterocycles. The van der Waals surface area contributed by atoms with Crippen molar-refractivity contribution >= 4 is 0 Å². The van der Waals surface area contributed by atoms with Crippen LogP contribution in [0.4, 0.5) is 0 Å². The predicted molar refractivity (Wildman–Crippen MR) is 103 cm³/mol. The molecule has 1 aromatic carbocycles. The van der Waals surface area contributed by atoms with Crippen molar-refractivity contribution in [3.63, 3.8) is 0 Å². The van der Waals surface area contributed by atoms with Crippen LogP contribution in [0.5, 0.6) is 0 Å². The molecule has 146 valence electrons. The topological polar surface area (TPSA) is 54.6 Å². The van der Waals surface area contributed by atoms with E-state index >= 15 is 0 Å². The summed E-state index contributed by atoms with van der Waals surface area (Å²) in [7, 11) is 3.91. The molecule has 0 bridgehead atoms. The molecule has 2 saturated heterocycles. The first-order chi connectivity index (χ1) is 13.2. The maximum Gasteiger partial charge on any atom is 0.252 e. The number of likely N-dealkylation sites (tertiary alicyclic amines) is 2. The van der Waals surface area contributed by atoms with E-state index in [2.05, 4.69) is 57.3 Å². The first kappa shape index (κ1) is 18.6. The van der Waals surface area contributed by atoms with Gasteiger partial charge >= 0.3 is 0 Å². The van der Waals surface area contributed by atoms with Crippen molar-refractivity contribution < 1.29 is 9.26 Å². The standard InChI is InChI=1S/C21H30N4O2/c1-24-13-18(17-6-4-3-5-7-17)12-21(16-24)8-10-25(11-9-21)14-19-22-20(15-26-2)27-23-19/h3-7,18H,8-16H2,1-2H3/t18-/m0/s1. The molecule has 27 heavy (non-hydrogen) atoms. The highest BCUT2D eigenvalue weighted by molar-refractivity contribution is 5.21. The third-order valence-electron chi connectivity index (χ3n) is 6.15. The second-order valence-electron chi connectivity index (χ2n) is 8.32. The minimum absolute atomic E-state index is 0.378. The zero-order valence-corrected chi connectivity index (χ0v) is 16.4. The summed E-state index contributed by atoms with van der Waals surface area (Å²) in [6.45, 7) is 5.72. The van der Waals surface area contributed by atoms with Crippen LogP contribution in [0.15, 0.2) is 34.9 Å². The van der Waals surface area contributed by atoms with Gasteiger partial charge in [-0.2, -0.15) is 4.98 Å². The number of methoxy groups -OCH3 is 1. The SMILES string of the molecule is COCc1nc(CN2CCC3(CC2)C[C@H](c2ccccc2)CN(C)C3)no1. The monoisotopic (exact) mass is 370 g/mol. The van der Waals surface area contributed by atoms with Gasteiger partial charge in [-0.25, -0.2) is 0 Å². The third-order valence-corrected chi connectivity index (χ3v) is 6.15. The second kappa shape index (κ2) is 8.09. The zero-order chi connectivity index (χ0) is 18.7. The fourth-order valence-corrected chi connectivity index (χ4v) is 4.90. The zero-order valence-electron chi connectivity index (χ0n) is 16.4. The minimum Gasteiger partial charge on any atom is -0.375 e. The van der Waals surface area contributed by atoms with Crippen molar-refractivity contribution in [3.05, 3.63) is 47.6 Å². The van der Waals surface area contributed by atoms with Crippen LogP contribution in [0, 0.1) is 5.41 Å². The summed E-state index contributed by atoms with van der Waals surface area (Å²) >= 11 is 0. The Labute approximate surface area is 161 Å². The Hall–Kier alpha value is -1.76. The lowest BCUT2D eigenvalue weighted by Gasteiger charge is -2.49. The normalized spacial score (nSPS) is 23.7. The number of hydrogen-bond acceptors (Lipinski definition) is 6. The van der Waals surface area contributed by atoms with E-state index in [1.54, 1.807) is 7.11 Å². The Morgan fingerprint density at radius 3 is 2.74 bits per heavy atom. The molecule has 6 heteroatoms. The van der Waals surface area contributed by atoms with Crippen molar-refractivity contribution in [1.29, 1.82) is 0 Å². The largest absolute Gasteiger partial charge is 0.375 e. The van der Waals surface area contributed by atoms with Crippen molar-refractivity contribution in [2.75, 3.05) is 40.3 Å². The molecule has 3 heterocycles. The molecule has 0 aliphatic carbocycles. The minimum atomic E-state index is 0.378. The predicted octanol–water partition coefficient (Wildman–Crippen LogP) is 2.92. The van der Waals surface area contributed by atoms with Gasteiger partial charge in [0.2, 0.25) is 0 Å². The van der Waals surface area contributed by atoms with Gasteiger partial charge in [-0.1, -0.05) is 35.5 Å². The van der Waals surface area contributed by atoms with Crippen LogP contribution in [-0.4, -0.2) is 60.3 Å².